The normalized spacial score (nSPS) is 20.5. The maximum Gasteiger partial charge on any atom is 0.435 e. The molecule has 0 atom stereocenters. The second kappa shape index (κ2) is 15.8. The number of aliphatic carboxylic acids is 1. The van der Waals surface area contributed by atoms with Gasteiger partial charge in [0, 0.05) is 93.5 Å². The van der Waals surface area contributed by atoms with E-state index in [1.165, 1.54) is 30.6 Å². The molecular weight excluding hydrogens is 779 g/mol. The summed E-state index contributed by atoms with van der Waals surface area (Å²) in [5, 5.41) is 21.4. The first-order chi connectivity index (χ1) is 26.7. The number of likely N-dealkylation sites (tertiary alicyclic amines) is 1. The fraction of sp³-hybridized carbons (Fsp3) is 0.457. The van der Waals surface area contributed by atoms with Gasteiger partial charge in [-0.15, -0.1) is 0 Å². The van der Waals surface area contributed by atoms with Crippen LogP contribution in [0.4, 0.5) is 24.5 Å². The van der Waals surface area contributed by atoms with Crippen LogP contribution in [0.3, 0.4) is 0 Å². The maximum atomic E-state index is 13.8. The number of benzene rings is 1. The number of nitrogens with zero attached hydrogens (tertiary/aromatic N) is 6. The fourth-order valence-corrected chi connectivity index (χ4v) is 8.70. The van der Waals surface area contributed by atoms with Crippen molar-refractivity contribution in [2.75, 3.05) is 76.5 Å². The number of rotatable bonds is 11. The van der Waals surface area contributed by atoms with E-state index in [0.29, 0.717) is 67.4 Å². The Labute approximate surface area is 327 Å². The van der Waals surface area contributed by atoms with Crippen molar-refractivity contribution in [1.29, 1.82) is 0 Å². The molecular formula is C35H40ClF3N11O5S+. The minimum atomic E-state index is -4.76. The van der Waals surface area contributed by atoms with E-state index in [1.807, 2.05) is 0 Å². The first kappa shape index (κ1) is 39.2. The summed E-state index contributed by atoms with van der Waals surface area (Å²) >= 11 is 7.43. The summed E-state index contributed by atoms with van der Waals surface area (Å²) in [5.41, 5.74) is 5.52. The van der Waals surface area contributed by atoms with Gasteiger partial charge in [0.2, 0.25) is 5.91 Å². The Morgan fingerprint density at radius 2 is 1.79 bits per heavy atom. The number of nitrogen functional groups attached to an aromatic ring is 1. The van der Waals surface area contributed by atoms with Crippen molar-refractivity contribution in [2.24, 2.45) is 11.8 Å². The third kappa shape index (κ3) is 8.37. The topological polar surface area (TPSA) is 215 Å². The Bertz CT molecular complexity index is 2120. The van der Waals surface area contributed by atoms with Crippen LogP contribution in [0, 0.1) is 11.8 Å². The van der Waals surface area contributed by atoms with E-state index in [4.69, 9.17) is 17.3 Å². The number of carboxylic acids is 1. The number of H-pyrrole nitrogens is 2. The van der Waals surface area contributed by atoms with Gasteiger partial charge in [-0.05, 0) is 29.7 Å². The molecule has 3 aromatic heterocycles. The molecule has 0 radical (unpaired) electrons. The van der Waals surface area contributed by atoms with Crippen LogP contribution in [0.2, 0.25) is 5.02 Å². The number of alkyl halides is 3. The Morgan fingerprint density at radius 1 is 1.07 bits per heavy atom. The Kier molecular flexibility index (Phi) is 11.1. The molecule has 0 unspecified atom stereocenters. The Morgan fingerprint density at radius 3 is 2.39 bits per heavy atom. The monoisotopic (exact) mass is 818 g/mol. The van der Waals surface area contributed by atoms with Crippen molar-refractivity contribution < 1.29 is 41.9 Å². The molecule has 0 saturated carbocycles. The molecule has 3 amide bonds. The molecule has 3 aliphatic heterocycles. The summed E-state index contributed by atoms with van der Waals surface area (Å²) in [6, 6.07) is 4.40. The molecule has 1 aromatic carbocycles. The second-order valence-corrected chi connectivity index (χ2v) is 15.8. The zero-order chi connectivity index (χ0) is 39.8. The van der Waals surface area contributed by atoms with Crippen molar-refractivity contribution in [1.82, 2.24) is 39.7 Å². The summed E-state index contributed by atoms with van der Waals surface area (Å²) in [4.78, 5) is 62.2. The van der Waals surface area contributed by atoms with Crippen LogP contribution in [0.25, 0.3) is 10.6 Å². The highest BCUT2D eigenvalue weighted by Crippen LogP contribution is 2.39. The minimum absolute atomic E-state index is 0.0377. The quantitative estimate of drug-likeness (QED) is 0.122. The number of halogens is 4. The average Bonchev–Trinajstić information content (AvgIpc) is 3.90. The number of piperazine rings is 1. The largest absolute Gasteiger partial charge is 0.477 e. The maximum absolute atomic E-state index is 13.8. The zero-order valence-corrected chi connectivity index (χ0v) is 31.6. The van der Waals surface area contributed by atoms with Crippen LogP contribution in [0.1, 0.15) is 50.8 Å². The van der Waals surface area contributed by atoms with E-state index < -0.39 is 23.7 Å². The number of hydrogen-bond donors (Lipinski definition) is 6. The molecule has 3 fully saturated rings. The number of aromatic nitrogens is 5. The van der Waals surface area contributed by atoms with Gasteiger partial charge in [-0.25, -0.2) is 9.78 Å². The second-order valence-electron chi connectivity index (χ2n) is 14.6. The van der Waals surface area contributed by atoms with Crippen molar-refractivity contribution >= 4 is 58.2 Å². The first-order valence-electron chi connectivity index (χ1n) is 18.0. The third-order valence-electron chi connectivity index (χ3n) is 10.7. The highest BCUT2D eigenvalue weighted by Gasteiger charge is 2.42. The van der Waals surface area contributed by atoms with Crippen LogP contribution in [0.5, 0.6) is 0 Å². The molecule has 4 aromatic rings. The van der Waals surface area contributed by atoms with Gasteiger partial charge in [0.15, 0.2) is 18.1 Å². The molecule has 6 heterocycles. The lowest BCUT2D eigenvalue weighted by molar-refractivity contribution is -0.929. The summed E-state index contributed by atoms with van der Waals surface area (Å²) in [5.74, 6) is -1.69. The van der Waals surface area contributed by atoms with Crippen LogP contribution in [-0.2, 0) is 22.2 Å². The molecule has 16 nitrogen and oxygen atoms in total. The number of carboxylic acid groups (broad SMARTS) is 1. The highest BCUT2D eigenvalue weighted by atomic mass is 35.5. The van der Waals surface area contributed by atoms with Crippen molar-refractivity contribution in [3.05, 3.63) is 64.0 Å². The lowest BCUT2D eigenvalue weighted by atomic mass is 9.90. The Balaban J connectivity index is 0.924. The zero-order valence-electron chi connectivity index (χ0n) is 30.0. The summed E-state index contributed by atoms with van der Waals surface area (Å²) in [6.07, 6.45) is -1.21. The van der Waals surface area contributed by atoms with Crippen molar-refractivity contribution in [3.63, 3.8) is 0 Å². The summed E-state index contributed by atoms with van der Waals surface area (Å²) < 4.78 is 45.9. The van der Waals surface area contributed by atoms with Gasteiger partial charge < -0.3 is 40.7 Å². The number of anilines is 2. The van der Waals surface area contributed by atoms with Gasteiger partial charge in [-0.3, -0.25) is 19.5 Å². The molecule has 7 rings (SSSR count). The van der Waals surface area contributed by atoms with E-state index in [1.54, 1.807) is 9.80 Å². The van der Waals surface area contributed by atoms with E-state index in [-0.39, 0.29) is 75.4 Å². The molecule has 21 heteroatoms. The molecule has 3 saturated heterocycles. The minimum Gasteiger partial charge on any atom is -0.477 e. The molecule has 56 heavy (non-hydrogen) atoms. The third-order valence-corrected chi connectivity index (χ3v) is 11.9. The van der Waals surface area contributed by atoms with Gasteiger partial charge in [0.05, 0.1) is 52.7 Å². The lowest BCUT2D eigenvalue weighted by Crippen LogP contribution is -2.62. The van der Waals surface area contributed by atoms with Crippen molar-refractivity contribution in [3.8, 4) is 10.6 Å². The smallest absolute Gasteiger partial charge is 0.435 e. The summed E-state index contributed by atoms with van der Waals surface area (Å²) in [6.45, 7) is 5.31. The molecule has 298 valence electrons. The number of nitrogens with two attached hydrogens (primary N) is 1. The fourth-order valence-electron chi connectivity index (χ4n) is 7.75. The van der Waals surface area contributed by atoms with Gasteiger partial charge in [-0.2, -0.15) is 22.6 Å². The molecule has 0 spiro atoms. The van der Waals surface area contributed by atoms with Gasteiger partial charge in [-0.1, -0.05) is 11.6 Å². The molecule has 7 N–H and O–H groups in total. The SMILES string of the molecule is Nc1cnsc1-c1[nH]nc(C(F)(F)F)c1Cc1cnc(C(=O)Nc2ccc(C(=O)N3CCN(C(=O)C4CC[N+](CC(=O)O)(CC5CNC5)CC4)CC3)c(Cl)c2)[nH]1. The molecule has 3 aliphatic rings. The Hall–Kier alpha value is -5.05. The van der Waals surface area contributed by atoms with Gasteiger partial charge in [0.1, 0.15) is 0 Å². The van der Waals surface area contributed by atoms with E-state index in [2.05, 4.69) is 35.2 Å². The molecule has 0 bridgehead atoms. The number of nitrogens with one attached hydrogen (secondary N) is 4. The average molecular weight is 819 g/mol. The van der Waals surface area contributed by atoms with E-state index >= 15 is 0 Å². The van der Waals surface area contributed by atoms with Crippen LogP contribution >= 0.6 is 23.1 Å². The number of carbonyl (C=O) groups is 4. The molecule has 0 aliphatic carbocycles. The summed E-state index contributed by atoms with van der Waals surface area (Å²) in [7, 11) is 0. The van der Waals surface area contributed by atoms with Crippen molar-refractivity contribution in [2.45, 2.75) is 25.4 Å². The predicted molar refractivity (Wildman–Crippen MR) is 199 cm³/mol. The number of piperidine rings is 1. The van der Waals surface area contributed by atoms with Gasteiger partial charge >= 0.3 is 12.1 Å². The number of aromatic amines is 2. The van der Waals surface area contributed by atoms with E-state index in [9.17, 15) is 37.5 Å². The van der Waals surface area contributed by atoms with Gasteiger partial charge in [0.25, 0.3) is 11.8 Å². The van der Waals surface area contributed by atoms with Crippen LogP contribution in [0.15, 0.2) is 30.6 Å². The van der Waals surface area contributed by atoms with Crippen LogP contribution < -0.4 is 16.4 Å². The van der Waals surface area contributed by atoms with E-state index in [0.717, 1.165) is 31.2 Å². The number of imidazole rings is 1. The van der Waals surface area contributed by atoms with Crippen LogP contribution in [-0.4, -0.2) is 133 Å². The lowest BCUT2D eigenvalue weighted by Gasteiger charge is -2.46. The predicted octanol–water partition coefficient (Wildman–Crippen LogP) is 3.17. The highest BCUT2D eigenvalue weighted by molar-refractivity contribution is 7.10. The standard InChI is InChI=1S/C35H39ClF3N11O5S/c36-25-12-21(45-32(53)31-42-15-22(44-31)11-24-28(29-26(40)16-43-56-29)46-47-30(24)35(37,38)39)1-2-23(25)34(55)49-7-5-48(6-8-49)33(54)20-3-9-50(10-4-20,18-27(51)52)17-19-13-41-14-19/h1-2,12,15-16,19-20,41H,3-11,13-14,17-18H2,(H5-,40,42,43,44,45,46,47,51,52,53,55)/p+1. The number of hydrogen-bond acceptors (Lipinski definition) is 10. The number of carbonyl (C=O) groups excluding carboxylic acids is 3. The first-order valence-corrected chi connectivity index (χ1v) is 19.2. The number of quaternary nitrogens is 1. The number of amides is 3.